The second-order valence-corrected chi connectivity index (χ2v) is 3.60. The molecule has 0 spiro atoms. The van der Waals surface area contributed by atoms with Crippen molar-refractivity contribution in [3.05, 3.63) is 11.6 Å². The molecule has 1 aliphatic rings. The Morgan fingerprint density at radius 3 is 2.15 bits per heavy atom. The van der Waals surface area contributed by atoms with E-state index in [9.17, 15) is 15.0 Å². The van der Waals surface area contributed by atoms with E-state index in [1.54, 1.807) is 0 Å². The molecule has 1 amide bonds. The molecule has 0 bridgehead atoms. The van der Waals surface area contributed by atoms with Crippen LogP contribution in [0.1, 0.15) is 13.8 Å². The summed E-state index contributed by atoms with van der Waals surface area (Å²) in [5.41, 5.74) is 0.917. The first-order valence-electron chi connectivity index (χ1n) is 4.30. The van der Waals surface area contributed by atoms with Gasteiger partial charge in [-0.25, -0.2) is 0 Å². The zero-order chi connectivity index (χ0) is 10.0. The van der Waals surface area contributed by atoms with Crippen LogP contribution in [0.2, 0.25) is 0 Å². The zero-order valence-corrected chi connectivity index (χ0v) is 7.90. The molecule has 0 saturated carbocycles. The molecule has 1 heterocycles. The van der Waals surface area contributed by atoms with Gasteiger partial charge in [-0.15, -0.1) is 0 Å². The minimum atomic E-state index is -0.797. The molecule has 2 N–H and O–H groups in total. The molecule has 0 aromatic heterocycles. The molecule has 0 aliphatic carbocycles. The first-order valence-corrected chi connectivity index (χ1v) is 4.30. The number of hydrogen-bond donors (Lipinski definition) is 2. The number of likely N-dealkylation sites (tertiary alicyclic amines) is 1. The number of amides is 1. The van der Waals surface area contributed by atoms with Gasteiger partial charge in [0.2, 0.25) is 5.91 Å². The molecule has 13 heavy (non-hydrogen) atoms. The van der Waals surface area contributed by atoms with Crippen molar-refractivity contribution in [1.29, 1.82) is 0 Å². The highest BCUT2D eigenvalue weighted by molar-refractivity contribution is 5.88. The van der Waals surface area contributed by atoms with Crippen molar-refractivity contribution >= 4 is 5.91 Å². The maximum absolute atomic E-state index is 11.4. The molecular formula is C9H15NO3. The highest BCUT2D eigenvalue weighted by atomic mass is 16.3. The summed E-state index contributed by atoms with van der Waals surface area (Å²) < 4.78 is 0. The van der Waals surface area contributed by atoms with Crippen molar-refractivity contribution in [2.45, 2.75) is 26.1 Å². The van der Waals surface area contributed by atoms with Gasteiger partial charge >= 0.3 is 0 Å². The van der Waals surface area contributed by atoms with Gasteiger partial charge < -0.3 is 15.1 Å². The summed E-state index contributed by atoms with van der Waals surface area (Å²) >= 11 is 0. The van der Waals surface area contributed by atoms with E-state index >= 15 is 0 Å². The van der Waals surface area contributed by atoms with Crippen LogP contribution < -0.4 is 0 Å². The summed E-state index contributed by atoms with van der Waals surface area (Å²) in [6.07, 6.45) is -0.0888. The van der Waals surface area contributed by atoms with Gasteiger partial charge in [-0.1, -0.05) is 5.57 Å². The second-order valence-electron chi connectivity index (χ2n) is 3.60. The quantitative estimate of drug-likeness (QED) is 0.542. The summed E-state index contributed by atoms with van der Waals surface area (Å²) in [7, 11) is 0. The Morgan fingerprint density at radius 1 is 1.31 bits per heavy atom. The third-order valence-corrected chi connectivity index (χ3v) is 1.98. The Morgan fingerprint density at radius 2 is 1.77 bits per heavy atom. The number of aliphatic hydroxyl groups is 2. The van der Waals surface area contributed by atoms with Crippen LogP contribution in [0.15, 0.2) is 11.6 Å². The molecule has 1 fully saturated rings. The average molecular weight is 185 g/mol. The first-order chi connectivity index (χ1) is 6.00. The van der Waals surface area contributed by atoms with Gasteiger partial charge in [0, 0.05) is 19.2 Å². The van der Waals surface area contributed by atoms with E-state index in [4.69, 9.17) is 0 Å². The Bertz CT molecular complexity index is 223. The van der Waals surface area contributed by atoms with Gasteiger partial charge in [-0.2, -0.15) is 0 Å². The topological polar surface area (TPSA) is 60.8 Å². The normalized spacial score (nSPS) is 27.5. The summed E-state index contributed by atoms with van der Waals surface area (Å²) in [5.74, 6) is -0.143. The predicted octanol–water partition coefficient (Wildman–Crippen LogP) is -0.483. The number of allylic oxidation sites excluding steroid dienone is 1. The summed E-state index contributed by atoms with van der Waals surface area (Å²) in [6.45, 7) is 4.12. The van der Waals surface area contributed by atoms with Crippen molar-refractivity contribution in [2.75, 3.05) is 13.1 Å². The summed E-state index contributed by atoms with van der Waals surface area (Å²) in [5, 5.41) is 18.4. The maximum atomic E-state index is 11.4. The highest BCUT2D eigenvalue weighted by Crippen LogP contribution is 2.10. The van der Waals surface area contributed by atoms with E-state index in [2.05, 4.69) is 0 Å². The zero-order valence-electron chi connectivity index (χ0n) is 7.90. The van der Waals surface area contributed by atoms with Crippen LogP contribution >= 0.6 is 0 Å². The van der Waals surface area contributed by atoms with Gasteiger partial charge in [0.05, 0.1) is 12.2 Å². The van der Waals surface area contributed by atoms with E-state index in [0.717, 1.165) is 5.57 Å². The third-order valence-electron chi connectivity index (χ3n) is 1.98. The molecule has 0 aromatic rings. The number of hydrogen-bond acceptors (Lipinski definition) is 3. The number of β-amino-alcohol motifs (C(OH)–C–C–N with tert-alkyl or cyclic N) is 2. The van der Waals surface area contributed by atoms with Gasteiger partial charge in [0.25, 0.3) is 0 Å². The lowest BCUT2D eigenvalue weighted by Crippen LogP contribution is -2.28. The van der Waals surface area contributed by atoms with Gasteiger partial charge in [-0.05, 0) is 13.8 Å². The number of nitrogens with zero attached hydrogens (tertiary/aromatic N) is 1. The molecule has 1 saturated heterocycles. The largest absolute Gasteiger partial charge is 0.388 e. The fourth-order valence-electron chi connectivity index (χ4n) is 1.29. The Hall–Kier alpha value is -0.870. The van der Waals surface area contributed by atoms with Crippen LogP contribution in [0.5, 0.6) is 0 Å². The van der Waals surface area contributed by atoms with Gasteiger partial charge in [0.15, 0.2) is 0 Å². The monoisotopic (exact) mass is 185 g/mol. The Kier molecular flexibility index (Phi) is 3.06. The maximum Gasteiger partial charge on any atom is 0.246 e. The molecule has 1 aliphatic heterocycles. The molecule has 74 valence electrons. The number of aliphatic hydroxyl groups excluding tert-OH is 2. The summed E-state index contributed by atoms with van der Waals surface area (Å²) in [4.78, 5) is 12.8. The number of rotatable bonds is 1. The standard InChI is InChI=1S/C9H15NO3/c1-6(2)3-9(13)10-4-7(11)8(12)5-10/h3,7-8,11-12H,4-5H2,1-2H3. The van der Waals surface area contributed by atoms with E-state index < -0.39 is 12.2 Å². The second kappa shape index (κ2) is 3.89. The number of carbonyl (C=O) groups is 1. The lowest BCUT2D eigenvalue weighted by molar-refractivity contribution is -0.125. The van der Waals surface area contributed by atoms with Crippen LogP contribution in [0.3, 0.4) is 0 Å². The molecule has 0 aromatic carbocycles. The third kappa shape index (κ3) is 2.54. The minimum absolute atomic E-state index is 0.143. The Labute approximate surface area is 77.5 Å². The van der Waals surface area contributed by atoms with Crippen LogP contribution in [0, 0.1) is 0 Å². The SMILES string of the molecule is CC(C)=CC(=O)N1CC(O)C(O)C1. The minimum Gasteiger partial charge on any atom is -0.388 e. The molecule has 2 atom stereocenters. The van der Waals surface area contributed by atoms with Crippen molar-refractivity contribution in [3.8, 4) is 0 Å². The molecule has 0 radical (unpaired) electrons. The highest BCUT2D eigenvalue weighted by Gasteiger charge is 2.31. The lowest BCUT2D eigenvalue weighted by atomic mass is 10.3. The van der Waals surface area contributed by atoms with Crippen LogP contribution in [-0.4, -0.2) is 46.3 Å². The summed E-state index contributed by atoms with van der Waals surface area (Å²) in [6, 6.07) is 0. The van der Waals surface area contributed by atoms with E-state index in [-0.39, 0.29) is 19.0 Å². The van der Waals surface area contributed by atoms with E-state index in [0.29, 0.717) is 0 Å². The number of carbonyl (C=O) groups excluding carboxylic acids is 1. The molecule has 1 rings (SSSR count). The lowest BCUT2D eigenvalue weighted by Gasteiger charge is -2.12. The Balaban J connectivity index is 2.56. The van der Waals surface area contributed by atoms with Crippen molar-refractivity contribution in [3.63, 3.8) is 0 Å². The predicted molar refractivity (Wildman–Crippen MR) is 48.0 cm³/mol. The van der Waals surface area contributed by atoms with Gasteiger partial charge in [-0.3, -0.25) is 4.79 Å². The van der Waals surface area contributed by atoms with Crippen molar-refractivity contribution in [2.24, 2.45) is 0 Å². The van der Waals surface area contributed by atoms with Crippen LogP contribution in [0.25, 0.3) is 0 Å². The van der Waals surface area contributed by atoms with Crippen LogP contribution in [-0.2, 0) is 4.79 Å². The smallest absolute Gasteiger partial charge is 0.246 e. The van der Waals surface area contributed by atoms with E-state index in [1.165, 1.54) is 11.0 Å². The molecular weight excluding hydrogens is 170 g/mol. The fraction of sp³-hybridized carbons (Fsp3) is 0.667. The fourth-order valence-corrected chi connectivity index (χ4v) is 1.29. The van der Waals surface area contributed by atoms with E-state index in [1.807, 2.05) is 13.8 Å². The van der Waals surface area contributed by atoms with Crippen molar-refractivity contribution in [1.82, 2.24) is 4.90 Å². The molecule has 4 heteroatoms. The molecule has 4 nitrogen and oxygen atoms in total. The van der Waals surface area contributed by atoms with Crippen molar-refractivity contribution < 1.29 is 15.0 Å². The molecule has 2 unspecified atom stereocenters. The average Bonchev–Trinajstić information content (AvgIpc) is 2.31. The van der Waals surface area contributed by atoms with Gasteiger partial charge in [0.1, 0.15) is 0 Å². The first kappa shape index (κ1) is 10.2. The van der Waals surface area contributed by atoms with Crippen LogP contribution in [0.4, 0.5) is 0 Å².